The number of benzene rings is 1. The van der Waals surface area contributed by atoms with E-state index < -0.39 is 15.9 Å². The highest BCUT2D eigenvalue weighted by Crippen LogP contribution is 2.16. The zero-order valence-corrected chi connectivity index (χ0v) is 13.6. The third-order valence-corrected chi connectivity index (χ3v) is 4.62. The molecule has 1 amide bonds. The van der Waals surface area contributed by atoms with Crippen LogP contribution >= 0.6 is 11.8 Å². The lowest BCUT2D eigenvalue weighted by Crippen LogP contribution is -2.37. The highest BCUT2D eigenvalue weighted by atomic mass is 32.2. The molecule has 112 valence electrons. The van der Waals surface area contributed by atoms with Gasteiger partial charge in [0.15, 0.2) is 0 Å². The first kappa shape index (κ1) is 17.0. The summed E-state index contributed by atoms with van der Waals surface area (Å²) >= 11 is 1.60. The number of sulfone groups is 1. The van der Waals surface area contributed by atoms with Crippen LogP contribution in [0.15, 0.2) is 30.3 Å². The fraction of sp³-hybridized carbons (Fsp3) is 0.500. The minimum atomic E-state index is -3.18. The van der Waals surface area contributed by atoms with Gasteiger partial charge in [0.2, 0.25) is 5.91 Å². The summed E-state index contributed by atoms with van der Waals surface area (Å²) < 4.78 is 23.1. The average Bonchev–Trinajstić information content (AvgIpc) is 2.37. The predicted octanol–water partition coefficient (Wildman–Crippen LogP) is 1.89. The lowest BCUT2D eigenvalue weighted by molar-refractivity contribution is -0.124. The highest BCUT2D eigenvalue weighted by Gasteiger charge is 2.22. The number of thioether (sulfide) groups is 1. The Morgan fingerprint density at radius 1 is 1.30 bits per heavy atom. The third-order valence-electron chi connectivity index (χ3n) is 2.85. The molecule has 0 spiro atoms. The van der Waals surface area contributed by atoms with Crippen molar-refractivity contribution in [3.63, 3.8) is 0 Å². The highest BCUT2D eigenvalue weighted by molar-refractivity contribution is 7.98. The molecule has 0 aliphatic rings. The smallest absolute Gasteiger partial charge is 0.224 e. The lowest BCUT2D eigenvalue weighted by atomic mass is 10.1. The molecular weight excluding hydrogens is 294 g/mol. The zero-order chi connectivity index (χ0) is 15.2. The van der Waals surface area contributed by atoms with Gasteiger partial charge >= 0.3 is 0 Å². The van der Waals surface area contributed by atoms with Gasteiger partial charge in [-0.3, -0.25) is 4.79 Å². The number of hydrogen-bond acceptors (Lipinski definition) is 4. The van der Waals surface area contributed by atoms with E-state index in [2.05, 4.69) is 5.32 Å². The standard InChI is InChI=1S/C14H21NO3S2/c1-11(9-19-2)14(16)15-13(10-20(3,17)18)12-7-5-4-6-8-12/h4-8,11,13H,9-10H2,1-3H3,(H,15,16)/t11-,13+/m1/s1. The summed E-state index contributed by atoms with van der Waals surface area (Å²) in [5.74, 6) is 0.369. The third kappa shape index (κ3) is 5.96. The van der Waals surface area contributed by atoms with Crippen molar-refractivity contribution in [1.82, 2.24) is 5.32 Å². The number of carbonyl (C=O) groups is 1. The summed E-state index contributed by atoms with van der Waals surface area (Å²) in [7, 11) is -3.18. The van der Waals surface area contributed by atoms with Gasteiger partial charge < -0.3 is 5.32 Å². The van der Waals surface area contributed by atoms with Gasteiger partial charge in [0.25, 0.3) is 0 Å². The van der Waals surface area contributed by atoms with Crippen LogP contribution in [-0.2, 0) is 14.6 Å². The number of rotatable bonds is 7. The molecule has 0 saturated heterocycles. The van der Waals surface area contributed by atoms with Crippen molar-refractivity contribution in [1.29, 1.82) is 0 Å². The van der Waals surface area contributed by atoms with Crippen molar-refractivity contribution >= 4 is 27.5 Å². The molecule has 1 rings (SSSR count). The summed E-state index contributed by atoms with van der Waals surface area (Å²) in [5.41, 5.74) is 0.808. The van der Waals surface area contributed by atoms with Crippen LogP contribution in [0.25, 0.3) is 0 Å². The van der Waals surface area contributed by atoms with E-state index in [4.69, 9.17) is 0 Å². The van der Waals surface area contributed by atoms with Crippen LogP contribution in [0, 0.1) is 5.92 Å². The van der Waals surface area contributed by atoms with Crippen LogP contribution in [-0.4, -0.2) is 38.3 Å². The SMILES string of the molecule is CSC[C@@H](C)C(=O)N[C@@H](CS(C)(=O)=O)c1ccccc1. The van der Waals surface area contributed by atoms with Gasteiger partial charge in [0.1, 0.15) is 9.84 Å². The van der Waals surface area contributed by atoms with Crippen LogP contribution in [0.3, 0.4) is 0 Å². The maximum atomic E-state index is 12.1. The van der Waals surface area contributed by atoms with Crippen LogP contribution in [0.1, 0.15) is 18.5 Å². The van der Waals surface area contributed by atoms with Crippen LogP contribution in [0.2, 0.25) is 0 Å². The lowest BCUT2D eigenvalue weighted by Gasteiger charge is -2.20. The van der Waals surface area contributed by atoms with E-state index >= 15 is 0 Å². The van der Waals surface area contributed by atoms with E-state index in [0.717, 1.165) is 5.56 Å². The van der Waals surface area contributed by atoms with Crippen molar-refractivity contribution in [2.75, 3.05) is 24.0 Å². The molecule has 4 nitrogen and oxygen atoms in total. The van der Waals surface area contributed by atoms with Crippen molar-refractivity contribution in [2.24, 2.45) is 5.92 Å². The molecule has 0 aromatic heterocycles. The Labute approximate surface area is 125 Å². The quantitative estimate of drug-likeness (QED) is 0.834. The molecule has 2 atom stereocenters. The van der Waals surface area contributed by atoms with Gasteiger partial charge in [-0.1, -0.05) is 37.3 Å². The van der Waals surface area contributed by atoms with E-state index in [9.17, 15) is 13.2 Å². The molecule has 1 N–H and O–H groups in total. The van der Waals surface area contributed by atoms with Crippen molar-refractivity contribution in [3.8, 4) is 0 Å². The first-order valence-corrected chi connectivity index (χ1v) is 9.81. The first-order valence-electron chi connectivity index (χ1n) is 6.35. The molecule has 1 aromatic carbocycles. The number of amides is 1. The average molecular weight is 315 g/mol. The van der Waals surface area contributed by atoms with Gasteiger partial charge in [-0.2, -0.15) is 11.8 Å². The minimum Gasteiger partial charge on any atom is -0.348 e. The number of nitrogens with one attached hydrogen (secondary N) is 1. The van der Waals surface area contributed by atoms with Crippen molar-refractivity contribution in [2.45, 2.75) is 13.0 Å². The second kappa shape index (κ2) is 7.69. The summed E-state index contributed by atoms with van der Waals surface area (Å²) in [5, 5.41) is 2.84. The molecule has 0 aliphatic heterocycles. The van der Waals surface area contributed by atoms with Crippen molar-refractivity contribution in [3.05, 3.63) is 35.9 Å². The van der Waals surface area contributed by atoms with Gasteiger partial charge in [0.05, 0.1) is 11.8 Å². The fourth-order valence-electron chi connectivity index (χ4n) is 1.85. The maximum Gasteiger partial charge on any atom is 0.224 e. The van der Waals surface area contributed by atoms with Gasteiger partial charge in [-0.25, -0.2) is 8.42 Å². The van der Waals surface area contributed by atoms with E-state index in [1.807, 2.05) is 43.5 Å². The molecule has 0 radical (unpaired) electrons. The maximum absolute atomic E-state index is 12.1. The Kier molecular flexibility index (Phi) is 6.55. The Morgan fingerprint density at radius 3 is 2.40 bits per heavy atom. The van der Waals surface area contributed by atoms with Crippen LogP contribution in [0.5, 0.6) is 0 Å². The molecule has 0 bridgehead atoms. The predicted molar refractivity (Wildman–Crippen MR) is 84.6 cm³/mol. The molecular formula is C14H21NO3S2. The van der Waals surface area contributed by atoms with E-state index in [1.54, 1.807) is 11.8 Å². The van der Waals surface area contributed by atoms with Gasteiger partial charge in [-0.05, 0) is 11.8 Å². The van der Waals surface area contributed by atoms with Crippen molar-refractivity contribution < 1.29 is 13.2 Å². The Hall–Kier alpha value is -1.01. The summed E-state index contributed by atoms with van der Waals surface area (Å²) in [6.07, 6.45) is 3.12. The molecule has 0 heterocycles. The van der Waals surface area contributed by atoms with Gasteiger partial charge in [-0.15, -0.1) is 0 Å². The fourth-order valence-corrected chi connectivity index (χ4v) is 3.38. The van der Waals surface area contributed by atoms with Crippen LogP contribution < -0.4 is 5.32 Å². The topological polar surface area (TPSA) is 63.2 Å². The minimum absolute atomic E-state index is 0.0886. The second-order valence-electron chi connectivity index (χ2n) is 4.92. The second-order valence-corrected chi connectivity index (χ2v) is 8.02. The molecule has 0 aliphatic carbocycles. The first-order chi connectivity index (χ1) is 9.33. The molecule has 1 aromatic rings. The molecule has 0 saturated carbocycles. The largest absolute Gasteiger partial charge is 0.348 e. The summed E-state index contributed by atoms with van der Waals surface area (Å²) in [6.45, 7) is 1.84. The molecule has 0 fully saturated rings. The number of hydrogen-bond donors (Lipinski definition) is 1. The monoisotopic (exact) mass is 315 g/mol. The zero-order valence-electron chi connectivity index (χ0n) is 12.0. The van der Waals surface area contributed by atoms with Crippen LogP contribution in [0.4, 0.5) is 0 Å². The van der Waals surface area contributed by atoms with E-state index in [1.165, 1.54) is 6.26 Å². The Morgan fingerprint density at radius 2 is 1.90 bits per heavy atom. The van der Waals surface area contributed by atoms with E-state index in [-0.39, 0.29) is 17.6 Å². The number of carbonyl (C=O) groups excluding carboxylic acids is 1. The Bertz CT molecular complexity index is 529. The molecule has 0 unspecified atom stereocenters. The Balaban J connectivity index is 2.87. The van der Waals surface area contributed by atoms with E-state index in [0.29, 0.717) is 5.75 Å². The summed E-state index contributed by atoms with van der Waals surface area (Å²) in [6, 6.07) is 8.69. The molecule has 6 heteroatoms. The van der Waals surface area contributed by atoms with Gasteiger partial charge in [0, 0.05) is 17.9 Å². The summed E-state index contributed by atoms with van der Waals surface area (Å²) in [4.78, 5) is 12.1. The molecule has 20 heavy (non-hydrogen) atoms. The normalized spacial score (nSPS) is 14.6.